The highest BCUT2D eigenvalue weighted by Crippen LogP contribution is 2.25. The van der Waals surface area contributed by atoms with Crippen LogP contribution in [0.5, 0.6) is 0 Å². The molecule has 0 unspecified atom stereocenters. The summed E-state index contributed by atoms with van der Waals surface area (Å²) in [4.78, 5) is 13.1. The van der Waals surface area contributed by atoms with E-state index in [1.807, 2.05) is 26.0 Å². The van der Waals surface area contributed by atoms with Gasteiger partial charge in [0.2, 0.25) is 0 Å². The zero-order valence-electron chi connectivity index (χ0n) is 20.1. The van der Waals surface area contributed by atoms with E-state index in [4.69, 9.17) is 0 Å². The van der Waals surface area contributed by atoms with Crippen LogP contribution in [-0.4, -0.2) is 14.3 Å². The minimum atomic E-state index is -3.76. The molecular formula is C27H32N2O3S. The highest BCUT2D eigenvalue weighted by Gasteiger charge is 2.18. The van der Waals surface area contributed by atoms with Gasteiger partial charge < -0.3 is 5.32 Å². The monoisotopic (exact) mass is 464 g/mol. The summed E-state index contributed by atoms with van der Waals surface area (Å²) in [5.74, 6) is -0.266. The van der Waals surface area contributed by atoms with Crippen LogP contribution in [0.15, 0.2) is 71.6 Å². The molecule has 33 heavy (non-hydrogen) atoms. The third-order valence-electron chi connectivity index (χ3n) is 5.70. The minimum Gasteiger partial charge on any atom is -0.346 e. The van der Waals surface area contributed by atoms with E-state index >= 15 is 0 Å². The first-order valence-corrected chi connectivity index (χ1v) is 12.5. The maximum atomic E-state index is 12.9. The number of carbonyl (C=O) groups excluding carboxylic acids is 1. The summed E-state index contributed by atoms with van der Waals surface area (Å²) < 4.78 is 28.2. The van der Waals surface area contributed by atoms with Gasteiger partial charge in [-0.15, -0.1) is 0 Å². The normalized spacial score (nSPS) is 12.8. The number of sulfonamides is 1. The first-order valence-electron chi connectivity index (χ1n) is 11.0. The first-order chi connectivity index (χ1) is 15.4. The third kappa shape index (κ3) is 6.02. The SMILES string of the molecule is Cc1ccc(S(=O)(=O)Nc2cc(C(=O)N[C@@H](C)c3ccc(C(C)(C)C)cc3)ccc2C)cc1. The molecule has 0 fully saturated rings. The largest absolute Gasteiger partial charge is 0.346 e. The molecule has 6 heteroatoms. The van der Waals surface area contributed by atoms with Crippen LogP contribution in [0, 0.1) is 13.8 Å². The third-order valence-corrected chi connectivity index (χ3v) is 7.08. The summed E-state index contributed by atoms with van der Waals surface area (Å²) >= 11 is 0. The smallest absolute Gasteiger partial charge is 0.261 e. The van der Waals surface area contributed by atoms with Gasteiger partial charge in [0, 0.05) is 5.56 Å². The molecule has 0 saturated carbocycles. The predicted molar refractivity (Wildman–Crippen MR) is 134 cm³/mol. The van der Waals surface area contributed by atoms with Crippen molar-refractivity contribution < 1.29 is 13.2 Å². The molecule has 1 atom stereocenters. The Kier molecular flexibility index (Phi) is 6.98. The number of hydrogen-bond donors (Lipinski definition) is 2. The molecule has 0 aliphatic heterocycles. The van der Waals surface area contributed by atoms with E-state index in [0.717, 1.165) is 16.7 Å². The molecule has 2 N–H and O–H groups in total. The number of rotatable bonds is 6. The molecule has 0 radical (unpaired) electrons. The molecule has 174 valence electrons. The van der Waals surface area contributed by atoms with Crippen molar-refractivity contribution in [2.24, 2.45) is 0 Å². The molecule has 0 aliphatic carbocycles. The second-order valence-electron chi connectivity index (χ2n) is 9.52. The highest BCUT2D eigenvalue weighted by molar-refractivity contribution is 7.92. The standard InChI is InChI=1S/C27H32N2O3S/c1-18-7-15-24(16-8-18)33(31,32)29-25-17-22(10-9-19(25)2)26(30)28-20(3)21-11-13-23(14-12-21)27(4,5)6/h7-17,20,29H,1-6H3,(H,28,30)/t20-/m0/s1. The van der Waals surface area contributed by atoms with Crippen LogP contribution in [0.4, 0.5) is 5.69 Å². The summed E-state index contributed by atoms with van der Waals surface area (Å²) in [5, 5.41) is 3.00. The van der Waals surface area contributed by atoms with E-state index < -0.39 is 10.0 Å². The quantitative estimate of drug-likeness (QED) is 0.477. The Hall–Kier alpha value is -3.12. The number of aryl methyl sites for hydroxylation is 2. The summed E-state index contributed by atoms with van der Waals surface area (Å²) in [6.45, 7) is 12.1. The fourth-order valence-corrected chi connectivity index (χ4v) is 4.55. The molecule has 0 spiro atoms. The molecule has 3 aromatic carbocycles. The summed E-state index contributed by atoms with van der Waals surface area (Å²) in [5.41, 5.74) is 4.78. The Morgan fingerprint density at radius 2 is 1.48 bits per heavy atom. The van der Waals surface area contributed by atoms with Gasteiger partial charge >= 0.3 is 0 Å². The Balaban J connectivity index is 1.76. The van der Waals surface area contributed by atoms with E-state index in [2.05, 4.69) is 42.9 Å². The van der Waals surface area contributed by atoms with Crippen molar-refractivity contribution in [3.05, 3.63) is 94.5 Å². The molecule has 3 rings (SSSR count). The topological polar surface area (TPSA) is 75.3 Å². The van der Waals surface area contributed by atoms with Gasteiger partial charge in [-0.05, 0) is 67.1 Å². The predicted octanol–water partition coefficient (Wildman–Crippen LogP) is 5.89. The van der Waals surface area contributed by atoms with Gasteiger partial charge in [-0.1, -0.05) is 68.8 Å². The van der Waals surface area contributed by atoms with Crippen LogP contribution >= 0.6 is 0 Å². The zero-order valence-corrected chi connectivity index (χ0v) is 20.9. The number of amides is 1. The van der Waals surface area contributed by atoms with Crippen molar-refractivity contribution in [3.63, 3.8) is 0 Å². The van der Waals surface area contributed by atoms with Crippen molar-refractivity contribution >= 4 is 21.6 Å². The average molecular weight is 465 g/mol. The minimum absolute atomic E-state index is 0.0647. The summed E-state index contributed by atoms with van der Waals surface area (Å²) in [6.07, 6.45) is 0. The molecule has 0 saturated heterocycles. The fourth-order valence-electron chi connectivity index (χ4n) is 3.43. The summed E-state index contributed by atoms with van der Waals surface area (Å²) in [6, 6.07) is 19.7. The maximum absolute atomic E-state index is 12.9. The molecule has 0 aromatic heterocycles. The average Bonchev–Trinajstić information content (AvgIpc) is 2.75. The van der Waals surface area contributed by atoms with Gasteiger partial charge in [0.25, 0.3) is 15.9 Å². The highest BCUT2D eigenvalue weighted by atomic mass is 32.2. The first kappa shape index (κ1) is 24.5. The second kappa shape index (κ2) is 9.40. The fraction of sp³-hybridized carbons (Fsp3) is 0.296. The van der Waals surface area contributed by atoms with E-state index in [0.29, 0.717) is 11.3 Å². The number of carbonyl (C=O) groups is 1. The lowest BCUT2D eigenvalue weighted by molar-refractivity contribution is 0.0940. The van der Waals surface area contributed by atoms with E-state index in [1.165, 1.54) is 5.56 Å². The van der Waals surface area contributed by atoms with Gasteiger partial charge in [-0.3, -0.25) is 9.52 Å². The van der Waals surface area contributed by atoms with Crippen molar-refractivity contribution in [1.29, 1.82) is 0 Å². The van der Waals surface area contributed by atoms with Crippen molar-refractivity contribution in [2.45, 2.75) is 57.9 Å². The lowest BCUT2D eigenvalue weighted by Crippen LogP contribution is -2.27. The van der Waals surface area contributed by atoms with Crippen LogP contribution in [0.1, 0.15) is 66.3 Å². The van der Waals surface area contributed by atoms with E-state index in [1.54, 1.807) is 49.4 Å². The molecule has 1 amide bonds. The van der Waals surface area contributed by atoms with Gasteiger partial charge in [0.15, 0.2) is 0 Å². The van der Waals surface area contributed by atoms with Crippen LogP contribution < -0.4 is 10.0 Å². The number of nitrogens with one attached hydrogen (secondary N) is 2. The van der Waals surface area contributed by atoms with Crippen LogP contribution in [-0.2, 0) is 15.4 Å². The molecule has 0 bridgehead atoms. The van der Waals surface area contributed by atoms with E-state index in [9.17, 15) is 13.2 Å². The number of hydrogen-bond acceptors (Lipinski definition) is 3. The Labute approximate surface area is 197 Å². The van der Waals surface area contributed by atoms with Crippen molar-refractivity contribution in [2.75, 3.05) is 4.72 Å². The molecule has 3 aromatic rings. The molecular weight excluding hydrogens is 432 g/mol. The van der Waals surface area contributed by atoms with Crippen molar-refractivity contribution in [1.82, 2.24) is 5.32 Å². The zero-order chi connectivity index (χ0) is 24.4. The molecule has 5 nitrogen and oxygen atoms in total. The Morgan fingerprint density at radius 3 is 2.06 bits per heavy atom. The molecule has 0 aliphatic rings. The van der Waals surface area contributed by atoms with Crippen LogP contribution in [0.25, 0.3) is 0 Å². The van der Waals surface area contributed by atoms with Crippen LogP contribution in [0.2, 0.25) is 0 Å². The van der Waals surface area contributed by atoms with E-state index in [-0.39, 0.29) is 22.3 Å². The Bertz CT molecular complexity index is 1240. The Morgan fingerprint density at radius 1 is 0.879 bits per heavy atom. The van der Waals surface area contributed by atoms with Crippen LogP contribution in [0.3, 0.4) is 0 Å². The maximum Gasteiger partial charge on any atom is 0.261 e. The number of anilines is 1. The van der Waals surface area contributed by atoms with Gasteiger partial charge in [-0.25, -0.2) is 8.42 Å². The second-order valence-corrected chi connectivity index (χ2v) is 11.2. The van der Waals surface area contributed by atoms with Gasteiger partial charge in [0.1, 0.15) is 0 Å². The van der Waals surface area contributed by atoms with Gasteiger partial charge in [0.05, 0.1) is 16.6 Å². The summed E-state index contributed by atoms with van der Waals surface area (Å²) in [7, 11) is -3.76. The molecule has 0 heterocycles. The lowest BCUT2D eigenvalue weighted by Gasteiger charge is -2.21. The van der Waals surface area contributed by atoms with Crippen molar-refractivity contribution in [3.8, 4) is 0 Å². The number of benzene rings is 3. The van der Waals surface area contributed by atoms with Gasteiger partial charge in [-0.2, -0.15) is 0 Å². The lowest BCUT2D eigenvalue weighted by atomic mass is 9.86.